The fraction of sp³-hybridized carbons (Fsp3) is 0.500. The molecule has 1 aromatic heterocycles. The van der Waals surface area contributed by atoms with Gasteiger partial charge >= 0.3 is 5.97 Å². The molecule has 0 aromatic carbocycles. The highest BCUT2D eigenvalue weighted by Gasteiger charge is 2.01. The van der Waals surface area contributed by atoms with Gasteiger partial charge in [-0.3, -0.25) is 4.79 Å². The first-order valence-corrected chi connectivity index (χ1v) is 6.41. The second-order valence-corrected chi connectivity index (χ2v) is 4.89. The topological polar surface area (TPSA) is 58.9 Å². The van der Waals surface area contributed by atoms with Crippen LogP contribution in [-0.2, 0) is 16.0 Å². The van der Waals surface area contributed by atoms with Crippen LogP contribution in [0.2, 0.25) is 0 Å². The van der Waals surface area contributed by atoms with Crippen molar-refractivity contribution >= 4 is 23.5 Å². The van der Waals surface area contributed by atoms with Gasteiger partial charge in [0.2, 0.25) is 0 Å². The van der Waals surface area contributed by atoms with Crippen LogP contribution in [0, 0.1) is 0 Å². The van der Waals surface area contributed by atoms with Gasteiger partial charge in [-0.15, -0.1) is 11.3 Å². The van der Waals surface area contributed by atoms with Crippen molar-refractivity contribution in [3.8, 4) is 0 Å². The van der Waals surface area contributed by atoms with Crippen LogP contribution in [-0.4, -0.2) is 24.5 Å². The average molecular weight is 255 g/mol. The normalized spacial score (nSPS) is 10.9. The van der Waals surface area contributed by atoms with Gasteiger partial charge < -0.3 is 9.94 Å². The van der Waals surface area contributed by atoms with E-state index >= 15 is 0 Å². The average Bonchev–Trinajstić information content (AvgIpc) is 2.76. The molecular weight excluding hydrogens is 238 g/mol. The van der Waals surface area contributed by atoms with Gasteiger partial charge in [-0.2, -0.15) is 0 Å². The fourth-order valence-electron chi connectivity index (χ4n) is 1.50. The summed E-state index contributed by atoms with van der Waals surface area (Å²) in [5.41, 5.74) is 0. The summed E-state index contributed by atoms with van der Waals surface area (Å²) in [5.74, 6) is -0.137. The minimum absolute atomic E-state index is 0.137. The van der Waals surface area contributed by atoms with Gasteiger partial charge in [0.25, 0.3) is 0 Å². The van der Waals surface area contributed by atoms with Crippen LogP contribution >= 0.6 is 11.3 Å². The zero-order valence-corrected chi connectivity index (χ0v) is 10.7. The van der Waals surface area contributed by atoms with Crippen LogP contribution in [0.25, 0.3) is 0 Å². The van der Waals surface area contributed by atoms with Crippen LogP contribution in [0.15, 0.2) is 17.3 Å². The lowest BCUT2D eigenvalue weighted by Gasteiger charge is -1.99. The molecule has 94 valence electrons. The van der Waals surface area contributed by atoms with E-state index in [1.807, 2.05) is 12.1 Å². The Morgan fingerprint density at radius 1 is 1.47 bits per heavy atom. The zero-order chi connectivity index (χ0) is 12.5. The maximum atomic E-state index is 10.9. The van der Waals surface area contributed by atoms with Crippen LogP contribution < -0.4 is 0 Å². The van der Waals surface area contributed by atoms with Crippen molar-refractivity contribution in [3.63, 3.8) is 0 Å². The summed E-state index contributed by atoms with van der Waals surface area (Å²) in [6.07, 6.45) is 5.91. The molecule has 17 heavy (non-hydrogen) atoms. The molecule has 1 aromatic rings. The van der Waals surface area contributed by atoms with E-state index in [0.717, 1.165) is 30.6 Å². The molecule has 0 amide bonds. The van der Waals surface area contributed by atoms with E-state index < -0.39 is 0 Å². The summed E-state index contributed by atoms with van der Waals surface area (Å²) in [4.78, 5) is 13.1. The molecule has 0 bridgehead atoms. The Morgan fingerprint density at radius 3 is 3.00 bits per heavy atom. The first-order chi connectivity index (χ1) is 8.26. The molecule has 0 spiro atoms. The van der Waals surface area contributed by atoms with Crippen LogP contribution in [0.5, 0.6) is 0 Å². The van der Waals surface area contributed by atoms with E-state index in [1.165, 1.54) is 18.2 Å². The van der Waals surface area contributed by atoms with Gasteiger partial charge in [-0.05, 0) is 31.4 Å². The number of thiophene rings is 1. The third kappa shape index (κ3) is 5.49. The predicted molar refractivity (Wildman–Crippen MR) is 67.9 cm³/mol. The van der Waals surface area contributed by atoms with Crippen LogP contribution in [0.3, 0.4) is 0 Å². The number of carbonyl (C=O) groups excluding carboxylic acids is 1. The van der Waals surface area contributed by atoms with Gasteiger partial charge in [-0.25, -0.2) is 0 Å². The number of aryl methyl sites for hydroxylation is 1. The van der Waals surface area contributed by atoms with E-state index in [4.69, 9.17) is 5.21 Å². The molecule has 0 aliphatic heterocycles. The first-order valence-electron chi connectivity index (χ1n) is 5.59. The Kier molecular flexibility index (Phi) is 6.32. The number of carbonyl (C=O) groups is 1. The highest BCUT2D eigenvalue weighted by molar-refractivity contribution is 7.13. The third-order valence-corrected chi connectivity index (χ3v) is 3.48. The quantitative estimate of drug-likeness (QED) is 0.268. The minimum Gasteiger partial charge on any atom is -0.469 e. The van der Waals surface area contributed by atoms with E-state index in [2.05, 4.69) is 9.89 Å². The Labute approximate surface area is 105 Å². The zero-order valence-electron chi connectivity index (χ0n) is 9.89. The molecule has 0 aliphatic rings. The molecule has 0 saturated carbocycles. The number of rotatable bonds is 7. The highest BCUT2D eigenvalue weighted by Crippen LogP contribution is 2.17. The number of methoxy groups -OCH3 is 1. The number of ether oxygens (including phenoxy) is 1. The van der Waals surface area contributed by atoms with Gasteiger partial charge in [0, 0.05) is 16.2 Å². The number of hydrogen-bond donors (Lipinski definition) is 1. The van der Waals surface area contributed by atoms with Gasteiger partial charge in [0.15, 0.2) is 0 Å². The lowest BCUT2D eigenvalue weighted by molar-refractivity contribution is -0.140. The molecule has 0 aliphatic carbocycles. The molecule has 1 heterocycles. The van der Waals surface area contributed by atoms with Crippen molar-refractivity contribution < 1.29 is 14.7 Å². The second-order valence-electron chi connectivity index (χ2n) is 3.69. The van der Waals surface area contributed by atoms with Crippen molar-refractivity contribution in [1.82, 2.24) is 0 Å². The number of unbranched alkanes of at least 4 members (excludes halogenated alkanes) is 2. The van der Waals surface area contributed by atoms with Crippen molar-refractivity contribution in [2.45, 2.75) is 32.1 Å². The Balaban J connectivity index is 2.15. The third-order valence-electron chi connectivity index (χ3n) is 2.40. The molecule has 1 N–H and O–H groups in total. The summed E-state index contributed by atoms with van der Waals surface area (Å²) in [7, 11) is 1.41. The lowest BCUT2D eigenvalue weighted by Crippen LogP contribution is -1.99. The Hall–Kier alpha value is -1.36. The molecule has 0 unspecified atom stereocenters. The summed E-state index contributed by atoms with van der Waals surface area (Å²) < 4.78 is 4.57. The summed E-state index contributed by atoms with van der Waals surface area (Å²) in [5, 5.41) is 11.4. The van der Waals surface area contributed by atoms with E-state index in [-0.39, 0.29) is 5.97 Å². The van der Waals surface area contributed by atoms with Crippen LogP contribution in [0.1, 0.15) is 35.4 Å². The Bertz CT molecular complexity index is 374. The summed E-state index contributed by atoms with van der Waals surface area (Å²) in [6, 6.07) is 3.98. The van der Waals surface area contributed by atoms with E-state index in [0.29, 0.717) is 6.42 Å². The number of hydrogen-bond acceptors (Lipinski definition) is 5. The fourth-order valence-corrected chi connectivity index (χ4v) is 2.42. The molecule has 0 atom stereocenters. The number of nitrogens with zero attached hydrogens (tertiary/aromatic N) is 1. The summed E-state index contributed by atoms with van der Waals surface area (Å²) >= 11 is 1.63. The van der Waals surface area contributed by atoms with E-state index in [9.17, 15) is 4.79 Å². The molecule has 5 heteroatoms. The second kappa shape index (κ2) is 7.84. The number of esters is 1. The number of oxime groups is 1. The predicted octanol–water partition coefficient (Wildman–Crippen LogP) is 2.83. The SMILES string of the molecule is COC(=O)CCCCCc1ccc(/C=N/O)s1. The molecule has 0 saturated heterocycles. The molecule has 1 rings (SSSR count). The molecule has 0 radical (unpaired) electrons. The Morgan fingerprint density at radius 2 is 2.29 bits per heavy atom. The first kappa shape index (κ1) is 13.7. The van der Waals surface area contributed by atoms with Crippen molar-refractivity contribution in [1.29, 1.82) is 0 Å². The smallest absolute Gasteiger partial charge is 0.305 e. The standard InChI is InChI=1S/C12H17NO3S/c1-16-12(14)6-4-2-3-5-10-7-8-11(17-10)9-13-15/h7-9,15H,2-6H2,1H3/b13-9+. The summed E-state index contributed by atoms with van der Waals surface area (Å²) in [6.45, 7) is 0. The lowest BCUT2D eigenvalue weighted by atomic mass is 10.1. The maximum absolute atomic E-state index is 10.9. The maximum Gasteiger partial charge on any atom is 0.305 e. The molecule has 4 nitrogen and oxygen atoms in total. The van der Waals surface area contributed by atoms with Crippen LogP contribution in [0.4, 0.5) is 0 Å². The molecule has 0 fully saturated rings. The monoisotopic (exact) mass is 255 g/mol. The highest BCUT2D eigenvalue weighted by atomic mass is 32.1. The van der Waals surface area contributed by atoms with Crippen molar-refractivity contribution in [2.24, 2.45) is 5.16 Å². The van der Waals surface area contributed by atoms with Crippen molar-refractivity contribution in [2.75, 3.05) is 7.11 Å². The van der Waals surface area contributed by atoms with Gasteiger partial charge in [-0.1, -0.05) is 11.6 Å². The molecular formula is C12H17NO3S. The van der Waals surface area contributed by atoms with E-state index in [1.54, 1.807) is 11.3 Å². The largest absolute Gasteiger partial charge is 0.469 e. The van der Waals surface area contributed by atoms with Gasteiger partial charge in [0.1, 0.15) is 0 Å². The van der Waals surface area contributed by atoms with Crippen molar-refractivity contribution in [3.05, 3.63) is 21.9 Å². The minimum atomic E-state index is -0.137. The van der Waals surface area contributed by atoms with Gasteiger partial charge in [0.05, 0.1) is 13.3 Å².